The zero-order chi connectivity index (χ0) is 11.8. The summed E-state index contributed by atoms with van der Waals surface area (Å²) in [5, 5.41) is 3.47. The average molecular weight is 230 g/mol. The van der Waals surface area contributed by atoms with Crippen molar-refractivity contribution in [2.75, 3.05) is 25.0 Å². The summed E-state index contributed by atoms with van der Waals surface area (Å²) in [5.41, 5.74) is 12.3. The molecule has 3 heteroatoms. The van der Waals surface area contributed by atoms with E-state index in [2.05, 4.69) is 24.4 Å². The van der Waals surface area contributed by atoms with Crippen molar-refractivity contribution in [3.8, 4) is 5.75 Å². The van der Waals surface area contributed by atoms with E-state index in [4.69, 9.17) is 10.5 Å². The minimum atomic E-state index is 0.675. The molecule has 2 aliphatic heterocycles. The molecule has 0 fully saturated rings. The number of ether oxygens (including phenoxy) is 1. The highest BCUT2D eigenvalue weighted by Gasteiger charge is 2.24. The Morgan fingerprint density at radius 2 is 2.35 bits per heavy atom. The van der Waals surface area contributed by atoms with Crippen LogP contribution in [0.2, 0.25) is 0 Å². The molecule has 0 bridgehead atoms. The molecule has 0 atom stereocenters. The van der Waals surface area contributed by atoms with Gasteiger partial charge in [0.1, 0.15) is 12.4 Å². The monoisotopic (exact) mass is 230 g/mol. The molecule has 0 saturated heterocycles. The van der Waals surface area contributed by atoms with Gasteiger partial charge in [0.25, 0.3) is 0 Å². The van der Waals surface area contributed by atoms with Crippen LogP contribution in [0, 0.1) is 6.92 Å². The molecule has 0 spiro atoms. The van der Waals surface area contributed by atoms with E-state index >= 15 is 0 Å². The maximum atomic E-state index is 5.76. The number of rotatable bonds is 2. The van der Waals surface area contributed by atoms with E-state index in [0.717, 1.165) is 25.1 Å². The predicted molar refractivity (Wildman–Crippen MR) is 70.5 cm³/mol. The van der Waals surface area contributed by atoms with Gasteiger partial charge in [0.05, 0.1) is 0 Å². The molecule has 1 aromatic carbocycles. The second-order valence-electron chi connectivity index (χ2n) is 4.68. The number of hydrogen-bond acceptors (Lipinski definition) is 3. The fourth-order valence-corrected chi connectivity index (χ4v) is 2.84. The SMILES string of the molecule is Cc1cc2c(c3c1NCC3)C(CCN)=CCO2. The zero-order valence-corrected chi connectivity index (χ0v) is 10.2. The van der Waals surface area contributed by atoms with Crippen molar-refractivity contribution in [3.05, 3.63) is 28.8 Å². The van der Waals surface area contributed by atoms with Crippen molar-refractivity contribution in [1.29, 1.82) is 0 Å². The van der Waals surface area contributed by atoms with Gasteiger partial charge in [0, 0.05) is 17.8 Å². The molecule has 2 aliphatic rings. The van der Waals surface area contributed by atoms with Crippen molar-refractivity contribution in [2.24, 2.45) is 5.73 Å². The molecule has 0 radical (unpaired) electrons. The molecule has 0 aliphatic carbocycles. The molecule has 17 heavy (non-hydrogen) atoms. The molecule has 3 rings (SSSR count). The van der Waals surface area contributed by atoms with Crippen molar-refractivity contribution in [2.45, 2.75) is 19.8 Å². The van der Waals surface area contributed by atoms with E-state index in [1.807, 2.05) is 0 Å². The van der Waals surface area contributed by atoms with E-state index in [1.165, 1.54) is 28.0 Å². The largest absolute Gasteiger partial charge is 0.489 e. The van der Waals surface area contributed by atoms with Crippen LogP contribution < -0.4 is 15.8 Å². The fraction of sp³-hybridized carbons (Fsp3) is 0.429. The van der Waals surface area contributed by atoms with Gasteiger partial charge in [-0.3, -0.25) is 0 Å². The summed E-state index contributed by atoms with van der Waals surface area (Å²) in [6, 6.07) is 2.15. The second-order valence-corrected chi connectivity index (χ2v) is 4.68. The topological polar surface area (TPSA) is 47.3 Å². The molecule has 3 nitrogen and oxygen atoms in total. The lowest BCUT2D eigenvalue weighted by Crippen LogP contribution is -2.10. The minimum absolute atomic E-state index is 0.675. The van der Waals surface area contributed by atoms with Crippen LogP contribution in [0.5, 0.6) is 5.75 Å². The number of nitrogens with one attached hydrogen (secondary N) is 1. The Kier molecular flexibility index (Phi) is 2.56. The normalized spacial score (nSPS) is 16.7. The van der Waals surface area contributed by atoms with E-state index < -0.39 is 0 Å². The smallest absolute Gasteiger partial charge is 0.127 e. The number of nitrogens with two attached hydrogens (primary N) is 1. The third kappa shape index (κ3) is 1.62. The molecule has 0 unspecified atom stereocenters. The fourth-order valence-electron chi connectivity index (χ4n) is 2.84. The first-order valence-electron chi connectivity index (χ1n) is 6.24. The predicted octanol–water partition coefficient (Wildman–Crippen LogP) is 2.09. The van der Waals surface area contributed by atoms with Crippen LogP contribution in [0.3, 0.4) is 0 Å². The van der Waals surface area contributed by atoms with Gasteiger partial charge in [-0.1, -0.05) is 0 Å². The Labute approximate surface area is 102 Å². The lowest BCUT2D eigenvalue weighted by atomic mass is 9.91. The molecule has 2 heterocycles. The van der Waals surface area contributed by atoms with Gasteiger partial charge in [-0.2, -0.15) is 0 Å². The summed E-state index contributed by atoms with van der Waals surface area (Å²) in [6.45, 7) is 4.54. The summed E-state index contributed by atoms with van der Waals surface area (Å²) in [4.78, 5) is 0. The van der Waals surface area contributed by atoms with Crippen LogP contribution in [0.15, 0.2) is 12.1 Å². The lowest BCUT2D eigenvalue weighted by molar-refractivity contribution is 0.356. The Morgan fingerprint density at radius 3 is 3.18 bits per heavy atom. The average Bonchev–Trinajstić information content (AvgIpc) is 2.79. The molecule has 0 amide bonds. The molecule has 90 valence electrons. The second kappa shape index (κ2) is 4.08. The molecule has 0 saturated carbocycles. The first-order valence-corrected chi connectivity index (χ1v) is 6.24. The minimum Gasteiger partial charge on any atom is -0.489 e. The van der Waals surface area contributed by atoms with Crippen molar-refractivity contribution in [1.82, 2.24) is 0 Å². The summed E-state index contributed by atoms with van der Waals surface area (Å²) in [5.74, 6) is 1.04. The van der Waals surface area contributed by atoms with E-state index in [1.54, 1.807) is 0 Å². The standard InChI is InChI=1S/C14H18N2O/c1-9-8-12-13(11-3-6-16-14(9)11)10(2-5-15)4-7-17-12/h4,8,16H,2-3,5-7,15H2,1H3. The highest BCUT2D eigenvalue weighted by Crippen LogP contribution is 2.42. The van der Waals surface area contributed by atoms with E-state index in [0.29, 0.717) is 13.2 Å². The van der Waals surface area contributed by atoms with Crippen molar-refractivity contribution < 1.29 is 4.74 Å². The van der Waals surface area contributed by atoms with Crippen LogP contribution in [0.25, 0.3) is 5.57 Å². The maximum absolute atomic E-state index is 5.76. The lowest BCUT2D eigenvalue weighted by Gasteiger charge is -2.22. The van der Waals surface area contributed by atoms with Crippen LogP contribution in [0.4, 0.5) is 5.69 Å². The van der Waals surface area contributed by atoms with Gasteiger partial charge in [-0.05, 0) is 55.2 Å². The first kappa shape index (κ1) is 10.7. The number of benzene rings is 1. The Balaban J connectivity index is 2.17. The van der Waals surface area contributed by atoms with E-state index in [-0.39, 0.29) is 0 Å². The Bertz CT molecular complexity index is 491. The zero-order valence-electron chi connectivity index (χ0n) is 10.2. The summed E-state index contributed by atoms with van der Waals surface area (Å²) < 4.78 is 5.76. The number of fused-ring (bicyclic) bond motifs is 3. The van der Waals surface area contributed by atoms with E-state index in [9.17, 15) is 0 Å². The highest BCUT2D eigenvalue weighted by atomic mass is 16.5. The van der Waals surface area contributed by atoms with Gasteiger partial charge in [0.15, 0.2) is 0 Å². The van der Waals surface area contributed by atoms with Crippen molar-refractivity contribution >= 4 is 11.3 Å². The Hall–Kier alpha value is -1.48. The number of anilines is 1. The summed E-state index contributed by atoms with van der Waals surface area (Å²) in [7, 11) is 0. The molecular weight excluding hydrogens is 212 g/mol. The maximum Gasteiger partial charge on any atom is 0.127 e. The first-order chi connectivity index (χ1) is 8.31. The van der Waals surface area contributed by atoms with Crippen molar-refractivity contribution in [3.63, 3.8) is 0 Å². The van der Waals surface area contributed by atoms with Gasteiger partial charge in [-0.25, -0.2) is 0 Å². The van der Waals surface area contributed by atoms with Gasteiger partial charge in [-0.15, -0.1) is 0 Å². The summed E-state index contributed by atoms with van der Waals surface area (Å²) in [6.07, 6.45) is 4.19. The number of hydrogen-bond donors (Lipinski definition) is 2. The summed E-state index contributed by atoms with van der Waals surface area (Å²) >= 11 is 0. The van der Waals surface area contributed by atoms with Crippen LogP contribution in [-0.2, 0) is 6.42 Å². The molecule has 3 N–H and O–H groups in total. The molecule has 0 aromatic heterocycles. The van der Waals surface area contributed by atoms with Crippen LogP contribution in [0.1, 0.15) is 23.1 Å². The molecular formula is C14H18N2O. The third-order valence-corrected chi connectivity index (χ3v) is 3.57. The quantitative estimate of drug-likeness (QED) is 0.817. The van der Waals surface area contributed by atoms with Crippen LogP contribution >= 0.6 is 0 Å². The van der Waals surface area contributed by atoms with Gasteiger partial charge in [0.2, 0.25) is 0 Å². The highest BCUT2D eigenvalue weighted by molar-refractivity contribution is 5.82. The van der Waals surface area contributed by atoms with Gasteiger partial charge < -0.3 is 15.8 Å². The number of aryl methyl sites for hydroxylation is 1. The molecule has 1 aromatic rings. The Morgan fingerprint density at radius 1 is 1.47 bits per heavy atom. The van der Waals surface area contributed by atoms with Gasteiger partial charge >= 0.3 is 0 Å². The third-order valence-electron chi connectivity index (χ3n) is 3.57. The van der Waals surface area contributed by atoms with Crippen LogP contribution in [-0.4, -0.2) is 19.7 Å².